The average molecular weight is 1300 g/mol. The van der Waals surface area contributed by atoms with Gasteiger partial charge in [-0.05, 0) is 149 Å². The first kappa shape index (κ1) is 89.1. The van der Waals surface area contributed by atoms with Gasteiger partial charge in [-0.15, -0.1) is 0 Å². The van der Waals surface area contributed by atoms with Crippen LogP contribution in [0.25, 0.3) is 0 Å². The second-order valence-corrected chi connectivity index (χ2v) is 30.6. The van der Waals surface area contributed by atoms with E-state index in [0.717, 1.165) is 0 Å². The third-order valence-corrected chi connectivity index (χ3v) is 19.8. The highest BCUT2D eigenvalue weighted by Gasteiger charge is 2.05. The topological polar surface area (TPSA) is 0 Å². The highest BCUT2D eigenvalue weighted by atomic mass is 14.1. The van der Waals surface area contributed by atoms with E-state index in [1.807, 2.05) is 0 Å². The largest absolute Gasteiger partial charge is 0.0654 e. The fraction of sp³-hybridized carbons (Fsp3) is 0.684. The Balaban J connectivity index is 0.000000595. The van der Waals surface area contributed by atoms with E-state index in [-0.39, 0.29) is 0 Å². The minimum atomic E-state index is 0.649. The molecule has 0 bridgehead atoms. The summed E-state index contributed by atoms with van der Waals surface area (Å²) in [4.78, 5) is 0. The van der Waals surface area contributed by atoms with Crippen molar-refractivity contribution in [3.05, 3.63) is 177 Å². The third-order valence-electron chi connectivity index (χ3n) is 19.8. The van der Waals surface area contributed by atoms with Crippen LogP contribution in [0.3, 0.4) is 0 Å². The van der Waals surface area contributed by atoms with Crippen molar-refractivity contribution in [1.82, 2.24) is 0 Å². The van der Waals surface area contributed by atoms with E-state index in [9.17, 15) is 0 Å². The summed E-state index contributed by atoms with van der Waals surface area (Å²) < 4.78 is 0. The standard InChI is InChI=1S/C21H36.C20H34.C19H32.C18H30.C17H28/c1-4-5-6-7-8-9-10-11-12-13-14-20-15-17-21(18-16-20)19(2)3;1-4-5-6-7-8-9-10-11-12-13-19-14-16-20(17-15-19)18(2)3;1-4-5-6-7-8-9-10-11-12-18-13-15-19(16-14-18)17(2)3;1-4-5-6-7-8-9-10-11-17-12-14-18(15-13-17)16(2)3;1-4-5-6-7-8-9-10-16-11-13-17(14-12-16)15(2)3/h15-19H,4-14H2,1-3H3;14-18H,4-13H2,1-3H3;13-17H,4-12H2,1-3H3;12-16H,4-11H2,1-3H3;11-15H,4-10H2,1-3H3. The highest BCUT2D eigenvalue weighted by molar-refractivity contribution is 5.28. The van der Waals surface area contributed by atoms with Crippen molar-refractivity contribution < 1.29 is 0 Å². The van der Waals surface area contributed by atoms with Crippen molar-refractivity contribution in [2.75, 3.05) is 0 Å². The summed E-state index contributed by atoms with van der Waals surface area (Å²) in [5.41, 5.74) is 14.8. The second kappa shape index (κ2) is 63.5. The Morgan fingerprint density at radius 1 is 0.147 bits per heavy atom. The van der Waals surface area contributed by atoms with Gasteiger partial charge in [-0.2, -0.15) is 0 Å². The van der Waals surface area contributed by atoms with E-state index >= 15 is 0 Å². The summed E-state index contributed by atoms with van der Waals surface area (Å²) in [6.07, 6.45) is 62.7. The first-order valence-corrected chi connectivity index (χ1v) is 41.6. The molecule has 0 aliphatic rings. The van der Waals surface area contributed by atoms with Crippen molar-refractivity contribution in [3.8, 4) is 0 Å². The Morgan fingerprint density at radius 3 is 0.358 bits per heavy atom. The van der Waals surface area contributed by atoms with E-state index in [1.165, 1.54) is 345 Å². The predicted molar refractivity (Wildman–Crippen MR) is 434 cm³/mol. The molecule has 0 unspecified atom stereocenters. The Kier molecular flexibility index (Phi) is 59.6. The zero-order valence-corrected chi connectivity index (χ0v) is 66.3. The summed E-state index contributed by atoms with van der Waals surface area (Å²) >= 11 is 0. The van der Waals surface area contributed by atoms with Crippen LogP contribution in [0.15, 0.2) is 121 Å². The van der Waals surface area contributed by atoms with Gasteiger partial charge in [-0.1, -0.05) is 450 Å². The molecule has 0 heterocycles. The molecule has 0 amide bonds. The molecule has 540 valence electrons. The summed E-state index contributed by atoms with van der Waals surface area (Å²) in [6, 6.07) is 46.1. The van der Waals surface area contributed by atoms with Crippen molar-refractivity contribution in [1.29, 1.82) is 0 Å². The molecule has 5 aromatic carbocycles. The molecule has 0 aliphatic heterocycles. The summed E-state index contributed by atoms with van der Waals surface area (Å²) in [6.45, 7) is 34.0. The lowest BCUT2D eigenvalue weighted by Crippen LogP contribution is -1.90. The predicted octanol–water partition coefficient (Wildman–Crippen LogP) is 32.5. The molecule has 0 radical (unpaired) electrons. The van der Waals surface area contributed by atoms with Gasteiger partial charge in [0.15, 0.2) is 0 Å². The van der Waals surface area contributed by atoms with Gasteiger partial charge in [0, 0.05) is 0 Å². The summed E-state index contributed by atoms with van der Waals surface area (Å²) in [5.74, 6) is 3.25. The molecule has 0 saturated heterocycles. The van der Waals surface area contributed by atoms with Crippen LogP contribution in [0.5, 0.6) is 0 Å². The van der Waals surface area contributed by atoms with Crippen molar-refractivity contribution >= 4 is 0 Å². The quantitative estimate of drug-likeness (QED) is 0.0341. The lowest BCUT2D eigenvalue weighted by Gasteiger charge is -2.07. The number of hydrogen-bond acceptors (Lipinski definition) is 0. The van der Waals surface area contributed by atoms with Crippen molar-refractivity contribution in [2.45, 2.75) is 422 Å². The van der Waals surface area contributed by atoms with Crippen molar-refractivity contribution in [3.63, 3.8) is 0 Å². The minimum Gasteiger partial charge on any atom is -0.0654 e. The normalized spacial score (nSPS) is 11.2. The molecular weight excluding hydrogens is 1140 g/mol. The second-order valence-electron chi connectivity index (χ2n) is 30.6. The van der Waals surface area contributed by atoms with E-state index in [0.29, 0.717) is 29.6 Å². The Bertz CT molecular complexity index is 2320. The van der Waals surface area contributed by atoms with Crippen LogP contribution >= 0.6 is 0 Å². The zero-order chi connectivity index (χ0) is 69.6. The fourth-order valence-corrected chi connectivity index (χ4v) is 12.7. The van der Waals surface area contributed by atoms with Gasteiger partial charge >= 0.3 is 0 Å². The van der Waals surface area contributed by atoms with Gasteiger partial charge in [-0.3, -0.25) is 0 Å². The minimum absolute atomic E-state index is 0.649. The molecule has 0 spiro atoms. The van der Waals surface area contributed by atoms with E-state index in [1.54, 1.807) is 0 Å². The zero-order valence-electron chi connectivity index (χ0n) is 66.3. The molecule has 5 aromatic rings. The number of hydrogen-bond donors (Lipinski definition) is 0. The average Bonchev–Trinajstić information content (AvgIpc) is 1.49. The number of unbranched alkanes of at least 4 members (excludes halogenated alkanes) is 35. The number of rotatable bonds is 50. The van der Waals surface area contributed by atoms with Crippen LogP contribution < -0.4 is 0 Å². The molecule has 0 aliphatic carbocycles. The maximum atomic E-state index is 2.32. The molecular formula is C95H160. The monoisotopic (exact) mass is 1300 g/mol. The Labute approximate surface area is 595 Å². The van der Waals surface area contributed by atoms with E-state index in [2.05, 4.69) is 225 Å². The lowest BCUT2D eigenvalue weighted by molar-refractivity contribution is 0.556. The maximum absolute atomic E-state index is 2.32. The van der Waals surface area contributed by atoms with Crippen LogP contribution in [0.1, 0.15) is 446 Å². The van der Waals surface area contributed by atoms with Crippen LogP contribution in [-0.4, -0.2) is 0 Å². The van der Waals surface area contributed by atoms with Crippen LogP contribution in [0, 0.1) is 0 Å². The summed E-state index contributed by atoms with van der Waals surface area (Å²) in [7, 11) is 0. The van der Waals surface area contributed by atoms with Gasteiger partial charge in [0.2, 0.25) is 0 Å². The van der Waals surface area contributed by atoms with E-state index < -0.39 is 0 Å². The lowest BCUT2D eigenvalue weighted by atomic mass is 9.99. The first-order valence-electron chi connectivity index (χ1n) is 41.6. The van der Waals surface area contributed by atoms with Crippen molar-refractivity contribution in [2.24, 2.45) is 0 Å². The molecule has 0 N–H and O–H groups in total. The summed E-state index contributed by atoms with van der Waals surface area (Å²) in [5, 5.41) is 0. The molecule has 5 rings (SSSR count). The highest BCUT2D eigenvalue weighted by Crippen LogP contribution is 2.23. The van der Waals surface area contributed by atoms with Gasteiger partial charge in [0.25, 0.3) is 0 Å². The third kappa shape index (κ3) is 51.9. The van der Waals surface area contributed by atoms with Crippen LogP contribution in [0.4, 0.5) is 0 Å². The molecule has 0 nitrogen and oxygen atoms in total. The van der Waals surface area contributed by atoms with Gasteiger partial charge in [-0.25, -0.2) is 0 Å². The molecule has 0 fully saturated rings. The fourth-order valence-electron chi connectivity index (χ4n) is 12.7. The maximum Gasteiger partial charge on any atom is -0.0219 e. The van der Waals surface area contributed by atoms with Gasteiger partial charge < -0.3 is 0 Å². The smallest absolute Gasteiger partial charge is 0.0219 e. The molecule has 0 aromatic heterocycles. The van der Waals surface area contributed by atoms with Gasteiger partial charge in [0.1, 0.15) is 0 Å². The Hall–Kier alpha value is -3.90. The SMILES string of the molecule is CCCCCCCCCCCCc1ccc(C(C)C)cc1.CCCCCCCCCCCc1ccc(C(C)C)cc1.CCCCCCCCCCc1ccc(C(C)C)cc1.CCCCCCCCCc1ccc(C(C)C)cc1.CCCCCCCCc1ccc(C(C)C)cc1. The number of benzene rings is 5. The molecule has 0 heteroatoms. The molecule has 95 heavy (non-hydrogen) atoms. The number of aryl methyl sites for hydroxylation is 5. The van der Waals surface area contributed by atoms with E-state index in [4.69, 9.17) is 0 Å². The Morgan fingerprint density at radius 2 is 0.253 bits per heavy atom. The molecule has 0 saturated carbocycles. The van der Waals surface area contributed by atoms with Crippen LogP contribution in [-0.2, 0) is 32.1 Å². The molecule has 0 atom stereocenters. The first-order chi connectivity index (χ1) is 46.2. The van der Waals surface area contributed by atoms with Crippen LogP contribution in [0.2, 0.25) is 0 Å². The van der Waals surface area contributed by atoms with Gasteiger partial charge in [0.05, 0.1) is 0 Å².